The molecule has 60 valence electrons. The first-order chi connectivity index (χ1) is 5.20. The lowest BCUT2D eigenvalue weighted by atomic mass is 10.1. The molecule has 2 atom stereocenters. The number of carbonyl (C=O) groups is 1. The van der Waals surface area contributed by atoms with E-state index in [0.717, 1.165) is 6.42 Å². The molecule has 11 heavy (non-hydrogen) atoms. The molecule has 2 aliphatic rings. The van der Waals surface area contributed by atoms with Crippen molar-refractivity contribution in [2.24, 2.45) is 5.92 Å². The monoisotopic (exact) mass is 154 g/mol. The molecule has 2 rings (SSSR count). The summed E-state index contributed by atoms with van der Waals surface area (Å²) in [6.45, 7) is 2.76. The first-order valence-corrected chi connectivity index (χ1v) is 3.76. The maximum absolute atomic E-state index is 10.7. The van der Waals surface area contributed by atoms with E-state index < -0.39 is 5.79 Å². The van der Waals surface area contributed by atoms with Crippen LogP contribution in [0, 0.1) is 5.92 Å². The second-order valence-corrected chi connectivity index (χ2v) is 3.19. The van der Waals surface area contributed by atoms with E-state index in [-0.39, 0.29) is 5.97 Å². The largest absolute Gasteiger partial charge is 0.426 e. The molecule has 1 saturated heterocycles. The topological polar surface area (TPSA) is 35.5 Å². The molecule has 3 heteroatoms. The average molecular weight is 154 g/mol. The summed E-state index contributed by atoms with van der Waals surface area (Å²) in [6, 6.07) is 0. The summed E-state index contributed by atoms with van der Waals surface area (Å²) in [5.41, 5.74) is 0. The summed E-state index contributed by atoms with van der Waals surface area (Å²) >= 11 is 0. The highest BCUT2D eigenvalue weighted by Crippen LogP contribution is 2.35. The standard InChI is InChI=1S/C8H10O3/c1-6-4-8(10-5-6)3-2-7(9)11-8/h2-3,6H,4-5H2,1H3/t6?,8-/m0/s1. The molecule has 0 N–H and O–H groups in total. The maximum Gasteiger partial charge on any atom is 0.333 e. The van der Waals surface area contributed by atoms with E-state index in [1.165, 1.54) is 6.08 Å². The average Bonchev–Trinajstić information content (AvgIpc) is 2.44. The number of ether oxygens (including phenoxy) is 2. The van der Waals surface area contributed by atoms with Gasteiger partial charge in [-0.1, -0.05) is 6.92 Å². The van der Waals surface area contributed by atoms with Crippen LogP contribution in [0.25, 0.3) is 0 Å². The van der Waals surface area contributed by atoms with E-state index in [0.29, 0.717) is 12.5 Å². The smallest absolute Gasteiger partial charge is 0.333 e. The Labute approximate surface area is 65.0 Å². The van der Waals surface area contributed by atoms with E-state index in [1.54, 1.807) is 6.08 Å². The molecular formula is C8H10O3. The van der Waals surface area contributed by atoms with Crippen LogP contribution in [-0.2, 0) is 14.3 Å². The minimum atomic E-state index is -0.698. The van der Waals surface area contributed by atoms with Gasteiger partial charge in [0.05, 0.1) is 6.61 Å². The third-order valence-corrected chi connectivity index (χ3v) is 1.99. The predicted octanol–water partition coefficient (Wildman–Crippen LogP) is 0.852. The minimum Gasteiger partial charge on any atom is -0.426 e. The van der Waals surface area contributed by atoms with Gasteiger partial charge in [-0.3, -0.25) is 0 Å². The number of rotatable bonds is 0. The van der Waals surface area contributed by atoms with Gasteiger partial charge in [-0.05, 0) is 12.0 Å². The van der Waals surface area contributed by atoms with Gasteiger partial charge in [-0.2, -0.15) is 0 Å². The molecule has 3 nitrogen and oxygen atoms in total. The summed E-state index contributed by atoms with van der Waals surface area (Å²) in [7, 11) is 0. The Kier molecular flexibility index (Phi) is 1.29. The fraction of sp³-hybridized carbons (Fsp3) is 0.625. The second kappa shape index (κ2) is 2.08. The lowest BCUT2D eigenvalue weighted by molar-refractivity contribution is -0.181. The number of esters is 1. The number of hydrogen-bond acceptors (Lipinski definition) is 3. The summed E-state index contributed by atoms with van der Waals surface area (Å²) in [6.07, 6.45) is 3.92. The van der Waals surface area contributed by atoms with Crippen LogP contribution in [0.4, 0.5) is 0 Å². The quantitative estimate of drug-likeness (QED) is 0.485. The van der Waals surface area contributed by atoms with E-state index in [2.05, 4.69) is 6.92 Å². The summed E-state index contributed by atoms with van der Waals surface area (Å²) < 4.78 is 10.4. The third-order valence-electron chi connectivity index (χ3n) is 1.99. The van der Waals surface area contributed by atoms with Gasteiger partial charge >= 0.3 is 5.97 Å². The first kappa shape index (κ1) is 6.85. The van der Waals surface area contributed by atoms with Crippen molar-refractivity contribution in [2.75, 3.05) is 6.61 Å². The Morgan fingerprint density at radius 2 is 2.55 bits per heavy atom. The Hall–Kier alpha value is -0.830. The Morgan fingerprint density at radius 3 is 3.00 bits per heavy atom. The summed E-state index contributed by atoms with van der Waals surface area (Å²) in [5, 5.41) is 0. The molecule has 2 heterocycles. The minimum absolute atomic E-state index is 0.292. The van der Waals surface area contributed by atoms with E-state index in [1.807, 2.05) is 0 Å². The maximum atomic E-state index is 10.7. The van der Waals surface area contributed by atoms with Gasteiger partial charge in [0.1, 0.15) is 0 Å². The van der Waals surface area contributed by atoms with Gasteiger partial charge in [0, 0.05) is 12.5 Å². The van der Waals surface area contributed by atoms with Gasteiger partial charge in [-0.25, -0.2) is 4.79 Å². The van der Waals surface area contributed by atoms with Crippen molar-refractivity contribution in [3.63, 3.8) is 0 Å². The van der Waals surface area contributed by atoms with Gasteiger partial charge < -0.3 is 9.47 Å². The van der Waals surface area contributed by atoms with E-state index >= 15 is 0 Å². The molecule has 0 aliphatic carbocycles. The first-order valence-electron chi connectivity index (χ1n) is 3.76. The molecule has 0 radical (unpaired) electrons. The van der Waals surface area contributed by atoms with Crippen molar-refractivity contribution in [3.8, 4) is 0 Å². The highest BCUT2D eigenvalue weighted by molar-refractivity contribution is 5.84. The summed E-state index contributed by atoms with van der Waals surface area (Å²) in [4.78, 5) is 10.7. The van der Waals surface area contributed by atoms with Crippen molar-refractivity contribution in [1.82, 2.24) is 0 Å². The summed E-state index contributed by atoms with van der Waals surface area (Å²) in [5.74, 6) is -0.513. The number of hydrogen-bond donors (Lipinski definition) is 0. The number of carbonyl (C=O) groups excluding carboxylic acids is 1. The van der Waals surface area contributed by atoms with Gasteiger partial charge in [0.25, 0.3) is 0 Å². The van der Waals surface area contributed by atoms with Crippen LogP contribution in [0.15, 0.2) is 12.2 Å². The zero-order chi connectivity index (χ0) is 7.90. The highest BCUT2D eigenvalue weighted by Gasteiger charge is 2.43. The molecule has 0 aromatic carbocycles. The molecular weight excluding hydrogens is 144 g/mol. The van der Waals surface area contributed by atoms with Crippen LogP contribution in [0.5, 0.6) is 0 Å². The molecule has 1 spiro atoms. The van der Waals surface area contributed by atoms with Crippen LogP contribution in [-0.4, -0.2) is 18.4 Å². The van der Waals surface area contributed by atoms with E-state index in [9.17, 15) is 4.79 Å². The van der Waals surface area contributed by atoms with Gasteiger partial charge in [0.2, 0.25) is 5.79 Å². The third kappa shape index (κ3) is 1.05. The lowest BCUT2D eigenvalue weighted by Gasteiger charge is -2.18. The highest BCUT2D eigenvalue weighted by atomic mass is 16.7. The SMILES string of the molecule is CC1CO[C@]2(C=CC(=O)O2)C1. The normalized spacial score (nSPS) is 41.9. The second-order valence-electron chi connectivity index (χ2n) is 3.19. The van der Waals surface area contributed by atoms with Crippen LogP contribution >= 0.6 is 0 Å². The van der Waals surface area contributed by atoms with Crippen molar-refractivity contribution < 1.29 is 14.3 Å². The lowest BCUT2D eigenvalue weighted by Crippen LogP contribution is -2.26. The van der Waals surface area contributed by atoms with Gasteiger partial charge in [-0.15, -0.1) is 0 Å². The fourth-order valence-corrected chi connectivity index (χ4v) is 1.51. The van der Waals surface area contributed by atoms with E-state index in [4.69, 9.17) is 9.47 Å². The zero-order valence-electron chi connectivity index (χ0n) is 6.37. The Bertz CT molecular complexity index is 221. The Morgan fingerprint density at radius 1 is 1.73 bits per heavy atom. The molecule has 1 unspecified atom stereocenters. The molecule has 2 aliphatic heterocycles. The van der Waals surface area contributed by atoms with Crippen molar-refractivity contribution in [1.29, 1.82) is 0 Å². The molecule has 0 aromatic rings. The fourth-order valence-electron chi connectivity index (χ4n) is 1.51. The molecule has 1 fully saturated rings. The van der Waals surface area contributed by atoms with Gasteiger partial charge in [0.15, 0.2) is 0 Å². The molecule has 0 amide bonds. The van der Waals surface area contributed by atoms with Crippen molar-refractivity contribution in [3.05, 3.63) is 12.2 Å². The molecule has 0 aromatic heterocycles. The van der Waals surface area contributed by atoms with Crippen LogP contribution in [0.1, 0.15) is 13.3 Å². The predicted molar refractivity (Wildman–Crippen MR) is 37.7 cm³/mol. The van der Waals surface area contributed by atoms with Crippen LogP contribution < -0.4 is 0 Å². The van der Waals surface area contributed by atoms with Crippen molar-refractivity contribution >= 4 is 5.97 Å². The zero-order valence-corrected chi connectivity index (χ0v) is 6.37. The molecule has 0 bridgehead atoms. The molecule has 0 saturated carbocycles. The van der Waals surface area contributed by atoms with Crippen LogP contribution in [0.2, 0.25) is 0 Å². The Balaban J connectivity index is 2.14. The van der Waals surface area contributed by atoms with Crippen LogP contribution in [0.3, 0.4) is 0 Å². The van der Waals surface area contributed by atoms with Crippen molar-refractivity contribution in [2.45, 2.75) is 19.1 Å².